The highest BCUT2D eigenvalue weighted by Crippen LogP contribution is 2.17. The molecule has 0 radical (unpaired) electrons. The van der Waals surface area contributed by atoms with Crippen molar-refractivity contribution in [2.75, 3.05) is 32.8 Å². The van der Waals surface area contributed by atoms with E-state index in [1.54, 1.807) is 16.7 Å². The smallest absolute Gasteiger partial charge is 0.409 e. The van der Waals surface area contributed by atoms with Crippen molar-refractivity contribution >= 4 is 12.0 Å². The van der Waals surface area contributed by atoms with E-state index in [-0.39, 0.29) is 12.0 Å². The second-order valence-electron chi connectivity index (χ2n) is 6.02. The Labute approximate surface area is 149 Å². The van der Waals surface area contributed by atoms with E-state index in [4.69, 9.17) is 9.47 Å². The van der Waals surface area contributed by atoms with Gasteiger partial charge in [-0.25, -0.2) is 4.79 Å². The normalized spacial score (nSPS) is 15.6. The van der Waals surface area contributed by atoms with Crippen LogP contribution in [0, 0.1) is 0 Å². The predicted octanol–water partition coefficient (Wildman–Crippen LogP) is 2.71. The van der Waals surface area contributed by atoms with Crippen molar-refractivity contribution in [3.63, 3.8) is 0 Å². The molecule has 25 heavy (non-hydrogen) atoms. The number of carbonyl (C=O) groups is 2. The Kier molecular flexibility index (Phi) is 7.10. The van der Waals surface area contributed by atoms with Gasteiger partial charge in [0.1, 0.15) is 5.75 Å². The number of carbonyl (C=O) groups excluding carboxylic acids is 2. The lowest BCUT2D eigenvalue weighted by molar-refractivity contribution is -0.140. The zero-order valence-electron chi connectivity index (χ0n) is 15.4. The molecule has 0 spiro atoms. The molecule has 0 saturated carbocycles. The Hall–Kier alpha value is -2.24. The van der Waals surface area contributed by atoms with Crippen LogP contribution < -0.4 is 4.74 Å². The fourth-order valence-corrected chi connectivity index (χ4v) is 2.80. The van der Waals surface area contributed by atoms with Gasteiger partial charge in [0.05, 0.1) is 6.61 Å². The first-order chi connectivity index (χ1) is 12.1. The average molecular weight is 348 g/mol. The molecule has 1 aromatic rings. The molecular weight excluding hydrogens is 320 g/mol. The molecule has 2 amide bonds. The summed E-state index contributed by atoms with van der Waals surface area (Å²) in [6.45, 7) is 8.19. The number of benzene rings is 1. The molecule has 138 valence electrons. The highest BCUT2D eigenvalue weighted by molar-refractivity contribution is 5.81. The first kappa shape index (κ1) is 19.1. The Balaban J connectivity index is 1.90. The molecule has 1 aliphatic rings. The summed E-state index contributed by atoms with van der Waals surface area (Å²) in [4.78, 5) is 27.9. The van der Waals surface area contributed by atoms with Gasteiger partial charge in [0, 0.05) is 26.2 Å². The number of nitrogens with zero attached hydrogens (tertiary/aromatic N) is 2. The number of amides is 2. The number of ether oxygens (including phenoxy) is 2. The number of piperazine rings is 1. The molecule has 6 nitrogen and oxygen atoms in total. The van der Waals surface area contributed by atoms with E-state index in [9.17, 15) is 9.59 Å². The van der Waals surface area contributed by atoms with Gasteiger partial charge in [-0.05, 0) is 37.5 Å². The quantitative estimate of drug-likeness (QED) is 0.793. The van der Waals surface area contributed by atoms with Crippen molar-refractivity contribution in [3.8, 4) is 5.75 Å². The van der Waals surface area contributed by atoms with E-state index in [0.29, 0.717) is 45.0 Å². The summed E-state index contributed by atoms with van der Waals surface area (Å²) in [7, 11) is 0. The highest BCUT2D eigenvalue weighted by Gasteiger charge is 2.29. The van der Waals surface area contributed by atoms with Crippen LogP contribution in [0.2, 0.25) is 0 Å². The van der Waals surface area contributed by atoms with Crippen LogP contribution in [-0.2, 0) is 16.0 Å². The number of rotatable bonds is 6. The van der Waals surface area contributed by atoms with Crippen molar-refractivity contribution in [2.45, 2.75) is 39.7 Å². The lowest BCUT2D eigenvalue weighted by atomic mass is 10.1. The van der Waals surface area contributed by atoms with Gasteiger partial charge in [0.2, 0.25) is 0 Å². The van der Waals surface area contributed by atoms with Gasteiger partial charge in [-0.2, -0.15) is 0 Å². The summed E-state index contributed by atoms with van der Waals surface area (Å²) in [6, 6.07) is 7.86. The van der Waals surface area contributed by atoms with Gasteiger partial charge in [0.15, 0.2) is 6.10 Å². The first-order valence-electron chi connectivity index (χ1n) is 9.05. The molecule has 6 heteroatoms. The van der Waals surface area contributed by atoms with Crippen molar-refractivity contribution in [3.05, 3.63) is 29.8 Å². The van der Waals surface area contributed by atoms with Crippen LogP contribution in [0.3, 0.4) is 0 Å². The van der Waals surface area contributed by atoms with Gasteiger partial charge in [-0.3, -0.25) is 4.79 Å². The Morgan fingerprint density at radius 1 is 1.00 bits per heavy atom. The van der Waals surface area contributed by atoms with E-state index in [1.165, 1.54) is 5.56 Å². The Morgan fingerprint density at radius 2 is 1.60 bits per heavy atom. The lowest BCUT2D eigenvalue weighted by Crippen LogP contribution is -2.53. The maximum absolute atomic E-state index is 12.7. The summed E-state index contributed by atoms with van der Waals surface area (Å²) in [5.41, 5.74) is 1.24. The summed E-state index contributed by atoms with van der Waals surface area (Å²) in [6.07, 6.45) is 0.767. The molecule has 1 aliphatic heterocycles. The molecule has 1 heterocycles. The molecule has 0 N–H and O–H groups in total. The van der Waals surface area contributed by atoms with Crippen LogP contribution in [0.4, 0.5) is 4.79 Å². The third-order valence-electron chi connectivity index (χ3n) is 4.37. The van der Waals surface area contributed by atoms with Crippen molar-refractivity contribution in [1.82, 2.24) is 9.80 Å². The van der Waals surface area contributed by atoms with E-state index < -0.39 is 6.10 Å². The highest BCUT2D eigenvalue weighted by atomic mass is 16.6. The van der Waals surface area contributed by atoms with Crippen LogP contribution in [0.1, 0.15) is 32.8 Å². The fourth-order valence-electron chi connectivity index (χ4n) is 2.80. The summed E-state index contributed by atoms with van der Waals surface area (Å²) in [5.74, 6) is 0.688. The maximum Gasteiger partial charge on any atom is 0.409 e. The minimum atomic E-state index is -0.499. The van der Waals surface area contributed by atoms with E-state index in [1.807, 2.05) is 31.2 Å². The van der Waals surface area contributed by atoms with E-state index in [0.717, 1.165) is 6.42 Å². The van der Waals surface area contributed by atoms with Gasteiger partial charge >= 0.3 is 6.09 Å². The third-order valence-corrected chi connectivity index (χ3v) is 4.37. The topological polar surface area (TPSA) is 59.1 Å². The molecule has 2 rings (SSSR count). The van der Waals surface area contributed by atoms with E-state index in [2.05, 4.69) is 6.92 Å². The molecule has 0 aromatic heterocycles. The number of hydrogen-bond acceptors (Lipinski definition) is 4. The van der Waals surface area contributed by atoms with Gasteiger partial charge < -0.3 is 19.3 Å². The predicted molar refractivity (Wildman–Crippen MR) is 95.7 cm³/mol. The molecule has 1 saturated heterocycles. The van der Waals surface area contributed by atoms with Crippen molar-refractivity contribution in [1.29, 1.82) is 0 Å². The van der Waals surface area contributed by atoms with Gasteiger partial charge in [-0.15, -0.1) is 0 Å². The minimum absolute atomic E-state index is 0.0226. The van der Waals surface area contributed by atoms with Gasteiger partial charge in [0.25, 0.3) is 5.91 Å². The third kappa shape index (κ3) is 5.11. The lowest BCUT2D eigenvalue weighted by Gasteiger charge is -2.35. The summed E-state index contributed by atoms with van der Waals surface area (Å²) < 4.78 is 10.9. The second-order valence-corrected chi connectivity index (χ2v) is 6.02. The average Bonchev–Trinajstić information content (AvgIpc) is 2.66. The fraction of sp³-hybridized carbons (Fsp3) is 0.579. The summed E-state index contributed by atoms with van der Waals surface area (Å²) >= 11 is 0. The molecule has 1 fully saturated rings. The van der Waals surface area contributed by atoms with Crippen LogP contribution >= 0.6 is 0 Å². The Morgan fingerprint density at radius 3 is 2.12 bits per heavy atom. The minimum Gasteiger partial charge on any atom is -0.481 e. The van der Waals surface area contributed by atoms with Crippen LogP contribution in [0.5, 0.6) is 5.75 Å². The van der Waals surface area contributed by atoms with Crippen molar-refractivity contribution < 1.29 is 19.1 Å². The van der Waals surface area contributed by atoms with Crippen LogP contribution in [0.15, 0.2) is 24.3 Å². The first-order valence-corrected chi connectivity index (χ1v) is 9.05. The molecule has 0 unspecified atom stereocenters. The van der Waals surface area contributed by atoms with Gasteiger partial charge in [-0.1, -0.05) is 26.0 Å². The molecular formula is C19H28N2O4. The largest absolute Gasteiger partial charge is 0.481 e. The second kappa shape index (κ2) is 9.30. The monoisotopic (exact) mass is 348 g/mol. The van der Waals surface area contributed by atoms with Crippen LogP contribution in [-0.4, -0.2) is 60.7 Å². The van der Waals surface area contributed by atoms with Crippen LogP contribution in [0.25, 0.3) is 0 Å². The SMILES string of the molecule is CCOC(=O)N1CCN(C(=O)[C@@H](CC)Oc2ccc(CC)cc2)CC1. The van der Waals surface area contributed by atoms with E-state index >= 15 is 0 Å². The number of hydrogen-bond donors (Lipinski definition) is 0. The number of aryl methyl sites for hydroxylation is 1. The van der Waals surface area contributed by atoms with Crippen molar-refractivity contribution in [2.24, 2.45) is 0 Å². The summed E-state index contributed by atoms with van der Waals surface area (Å²) in [5, 5.41) is 0. The molecule has 0 bridgehead atoms. The Bertz CT molecular complexity index is 565. The molecule has 0 aliphatic carbocycles. The molecule has 1 aromatic carbocycles. The standard InChI is InChI=1S/C19H28N2O4/c1-4-15-7-9-16(10-8-15)25-17(5-2)18(22)20-11-13-21(14-12-20)19(23)24-6-3/h7-10,17H,4-6,11-14H2,1-3H3/t17-/m1/s1. The maximum atomic E-state index is 12.7. The zero-order chi connectivity index (χ0) is 18.2. The molecule has 1 atom stereocenters. The zero-order valence-corrected chi connectivity index (χ0v) is 15.4.